The van der Waals surface area contributed by atoms with E-state index in [1.165, 1.54) is 38.5 Å². The molecule has 0 atom stereocenters. The molecule has 2 rings (SSSR count). The second-order valence-corrected chi connectivity index (χ2v) is 10.3. The zero-order chi connectivity index (χ0) is 24.2. The molecule has 0 amide bonds. The molecular formula is C28H45O4P. The van der Waals surface area contributed by atoms with Crippen LogP contribution in [0.2, 0.25) is 0 Å². The SMILES string of the molecule is CC(C)CCCCCOP(OCCCCCC(C)C)Oc1ccccc1.Oc1ccccc1. The minimum absolute atomic E-state index is 0.322. The van der Waals surface area contributed by atoms with Crippen molar-refractivity contribution < 1.29 is 18.7 Å². The summed E-state index contributed by atoms with van der Waals surface area (Å²) in [6, 6.07) is 18.5. The average molecular weight is 477 g/mol. The maximum atomic E-state index is 8.63. The first-order valence-corrected chi connectivity index (χ1v) is 13.6. The number of aromatic hydroxyl groups is 1. The number of hydrogen-bond acceptors (Lipinski definition) is 4. The molecule has 0 unspecified atom stereocenters. The second-order valence-electron chi connectivity index (χ2n) is 9.12. The summed E-state index contributed by atoms with van der Waals surface area (Å²) in [5.74, 6) is 2.71. The Balaban J connectivity index is 0.000000657. The van der Waals surface area contributed by atoms with Gasteiger partial charge in [0.15, 0.2) is 0 Å². The lowest BCUT2D eigenvalue weighted by Gasteiger charge is -2.17. The van der Waals surface area contributed by atoms with Crippen LogP contribution >= 0.6 is 8.60 Å². The molecule has 0 fully saturated rings. The van der Waals surface area contributed by atoms with Crippen molar-refractivity contribution in [3.05, 3.63) is 60.7 Å². The Morgan fingerprint density at radius 1 is 0.636 bits per heavy atom. The number of benzene rings is 2. The standard InChI is InChI=1S/C22H39O3P.C6H6O/c1-20(2)14-8-6-12-18-23-26(25-22-16-10-5-11-17-22)24-19-13-7-9-15-21(3)4;7-6-4-2-1-3-5-6/h5,10-11,16-17,20-21H,6-9,12-15,18-19H2,1-4H3;1-5,7H. The highest BCUT2D eigenvalue weighted by Crippen LogP contribution is 2.41. The van der Waals surface area contributed by atoms with Crippen LogP contribution in [0.3, 0.4) is 0 Å². The molecule has 0 aliphatic carbocycles. The van der Waals surface area contributed by atoms with Gasteiger partial charge < -0.3 is 18.7 Å². The molecule has 1 N–H and O–H groups in total. The highest BCUT2D eigenvalue weighted by Gasteiger charge is 2.14. The van der Waals surface area contributed by atoms with E-state index in [-0.39, 0.29) is 0 Å². The molecule has 4 nitrogen and oxygen atoms in total. The van der Waals surface area contributed by atoms with Crippen molar-refractivity contribution in [3.63, 3.8) is 0 Å². The summed E-state index contributed by atoms with van der Waals surface area (Å²) < 4.78 is 17.8. The summed E-state index contributed by atoms with van der Waals surface area (Å²) in [7, 11) is -1.30. The Morgan fingerprint density at radius 3 is 1.48 bits per heavy atom. The molecule has 2 aromatic rings. The third kappa shape index (κ3) is 18.5. The van der Waals surface area contributed by atoms with Crippen LogP contribution in [-0.2, 0) is 9.05 Å². The summed E-state index contributed by atoms with van der Waals surface area (Å²) in [6.07, 6.45) is 9.70. The van der Waals surface area contributed by atoms with Crippen LogP contribution in [0, 0.1) is 11.8 Å². The zero-order valence-electron chi connectivity index (χ0n) is 21.1. The van der Waals surface area contributed by atoms with Gasteiger partial charge >= 0.3 is 8.60 Å². The average Bonchev–Trinajstić information content (AvgIpc) is 2.79. The van der Waals surface area contributed by atoms with E-state index >= 15 is 0 Å². The van der Waals surface area contributed by atoms with E-state index < -0.39 is 8.60 Å². The van der Waals surface area contributed by atoms with Gasteiger partial charge in [0.1, 0.15) is 11.5 Å². The first-order chi connectivity index (χ1) is 16.0. The fourth-order valence-electron chi connectivity index (χ4n) is 3.03. The van der Waals surface area contributed by atoms with Crippen molar-refractivity contribution in [2.75, 3.05) is 13.2 Å². The third-order valence-electron chi connectivity index (χ3n) is 4.92. The Bertz CT molecular complexity index is 644. The minimum atomic E-state index is -1.30. The highest BCUT2D eigenvalue weighted by molar-refractivity contribution is 7.42. The lowest BCUT2D eigenvalue weighted by molar-refractivity contribution is 0.198. The van der Waals surface area contributed by atoms with Gasteiger partial charge in [-0.05, 0) is 48.9 Å². The topological polar surface area (TPSA) is 47.9 Å². The molecule has 0 aliphatic heterocycles. The van der Waals surface area contributed by atoms with Gasteiger partial charge in [0.05, 0.1) is 13.2 Å². The Kier molecular flexibility index (Phi) is 17.7. The Morgan fingerprint density at radius 2 is 1.09 bits per heavy atom. The minimum Gasteiger partial charge on any atom is -0.508 e. The molecule has 2 aromatic carbocycles. The predicted octanol–water partition coefficient (Wildman–Crippen LogP) is 9.15. The molecule has 0 heterocycles. The monoisotopic (exact) mass is 476 g/mol. The molecule has 33 heavy (non-hydrogen) atoms. The predicted molar refractivity (Wildman–Crippen MR) is 141 cm³/mol. The molecule has 186 valence electrons. The van der Waals surface area contributed by atoms with Gasteiger partial charge in [-0.1, -0.05) is 103 Å². The van der Waals surface area contributed by atoms with E-state index in [9.17, 15) is 0 Å². The zero-order valence-corrected chi connectivity index (χ0v) is 22.0. The van der Waals surface area contributed by atoms with E-state index in [1.54, 1.807) is 24.3 Å². The van der Waals surface area contributed by atoms with E-state index in [1.807, 2.05) is 36.4 Å². The lowest BCUT2D eigenvalue weighted by Crippen LogP contribution is -2.01. The van der Waals surface area contributed by atoms with Gasteiger partial charge in [-0.3, -0.25) is 0 Å². The van der Waals surface area contributed by atoms with Crippen molar-refractivity contribution in [3.8, 4) is 11.5 Å². The fraction of sp³-hybridized carbons (Fsp3) is 0.571. The largest absolute Gasteiger partial charge is 0.508 e. The van der Waals surface area contributed by atoms with Gasteiger partial charge in [0.25, 0.3) is 0 Å². The smallest absolute Gasteiger partial charge is 0.397 e. The van der Waals surface area contributed by atoms with Crippen molar-refractivity contribution >= 4 is 8.60 Å². The molecule has 0 saturated heterocycles. The number of hydrogen-bond donors (Lipinski definition) is 1. The van der Waals surface area contributed by atoms with Crippen molar-refractivity contribution in [1.29, 1.82) is 0 Å². The quantitative estimate of drug-likeness (QED) is 0.194. The van der Waals surface area contributed by atoms with Gasteiger partial charge in [-0.15, -0.1) is 0 Å². The van der Waals surface area contributed by atoms with Gasteiger partial charge in [0.2, 0.25) is 0 Å². The summed E-state index contributed by atoms with van der Waals surface area (Å²) in [5, 5.41) is 8.63. The third-order valence-corrected chi connectivity index (χ3v) is 6.07. The first kappa shape index (κ1) is 29.4. The van der Waals surface area contributed by atoms with Crippen LogP contribution in [0.15, 0.2) is 60.7 Å². The Hall–Kier alpha value is -1.61. The molecule has 0 spiro atoms. The number of phenolic OH excluding ortho intramolecular Hbond substituents is 1. The molecule has 0 aromatic heterocycles. The molecular weight excluding hydrogens is 431 g/mol. The van der Waals surface area contributed by atoms with Crippen LogP contribution in [0.5, 0.6) is 11.5 Å². The van der Waals surface area contributed by atoms with Crippen molar-refractivity contribution in [2.24, 2.45) is 11.8 Å². The Labute approximate surface area is 203 Å². The number of para-hydroxylation sites is 2. The van der Waals surface area contributed by atoms with Crippen LogP contribution < -0.4 is 4.52 Å². The molecule has 0 saturated carbocycles. The van der Waals surface area contributed by atoms with Crippen molar-refractivity contribution in [1.82, 2.24) is 0 Å². The van der Waals surface area contributed by atoms with Crippen LogP contribution in [0.4, 0.5) is 0 Å². The van der Waals surface area contributed by atoms with Gasteiger partial charge in [-0.2, -0.15) is 0 Å². The fourth-order valence-corrected chi connectivity index (χ4v) is 4.06. The molecule has 0 bridgehead atoms. The second kappa shape index (κ2) is 19.8. The van der Waals surface area contributed by atoms with E-state index in [2.05, 4.69) is 27.7 Å². The number of unbranched alkanes of at least 4 members (excludes halogenated alkanes) is 4. The summed E-state index contributed by atoms with van der Waals surface area (Å²) >= 11 is 0. The van der Waals surface area contributed by atoms with Gasteiger partial charge in [-0.25, -0.2) is 0 Å². The van der Waals surface area contributed by atoms with Crippen molar-refractivity contribution in [2.45, 2.75) is 79.1 Å². The van der Waals surface area contributed by atoms with E-state index in [0.717, 1.165) is 30.4 Å². The molecule has 5 heteroatoms. The highest BCUT2D eigenvalue weighted by atomic mass is 31.2. The van der Waals surface area contributed by atoms with E-state index in [4.69, 9.17) is 18.7 Å². The molecule has 0 radical (unpaired) electrons. The maximum absolute atomic E-state index is 8.63. The van der Waals surface area contributed by atoms with Crippen LogP contribution in [0.25, 0.3) is 0 Å². The van der Waals surface area contributed by atoms with Gasteiger partial charge in [0, 0.05) is 0 Å². The normalized spacial score (nSPS) is 11.0. The summed E-state index contributed by atoms with van der Waals surface area (Å²) in [6.45, 7) is 10.5. The van der Waals surface area contributed by atoms with Crippen LogP contribution in [0.1, 0.15) is 79.1 Å². The number of phenols is 1. The summed E-state index contributed by atoms with van der Waals surface area (Å²) in [5.41, 5.74) is 0. The summed E-state index contributed by atoms with van der Waals surface area (Å²) in [4.78, 5) is 0. The van der Waals surface area contributed by atoms with Crippen LogP contribution in [-0.4, -0.2) is 18.3 Å². The number of rotatable bonds is 16. The maximum Gasteiger partial charge on any atom is 0.397 e. The lowest BCUT2D eigenvalue weighted by atomic mass is 10.1. The first-order valence-electron chi connectivity index (χ1n) is 12.5. The van der Waals surface area contributed by atoms with E-state index in [0.29, 0.717) is 19.0 Å². The molecule has 0 aliphatic rings.